The van der Waals surface area contributed by atoms with Gasteiger partial charge in [0, 0.05) is 18.8 Å². The van der Waals surface area contributed by atoms with E-state index < -0.39 is 0 Å². The average Bonchev–Trinajstić information content (AvgIpc) is 2.45. The van der Waals surface area contributed by atoms with E-state index in [2.05, 4.69) is 16.4 Å². The summed E-state index contributed by atoms with van der Waals surface area (Å²) in [6.45, 7) is 4.96. The lowest BCUT2D eigenvalue weighted by molar-refractivity contribution is 0.996. The number of pyridine rings is 1. The molecular weight excluding hydrogens is 248 g/mol. The van der Waals surface area contributed by atoms with Crippen LogP contribution in [0.15, 0.2) is 30.3 Å². The molecule has 1 heterocycles. The Balaban J connectivity index is 2.25. The molecular formula is C16H18N4. The molecule has 102 valence electrons. The van der Waals surface area contributed by atoms with Crippen molar-refractivity contribution >= 4 is 5.82 Å². The number of nitriles is 1. The Hall–Kier alpha value is -2.38. The Labute approximate surface area is 119 Å². The lowest BCUT2D eigenvalue weighted by Crippen LogP contribution is -2.09. The highest BCUT2D eigenvalue weighted by Gasteiger charge is 2.08. The molecule has 0 saturated carbocycles. The Morgan fingerprint density at radius 3 is 2.60 bits per heavy atom. The molecule has 0 radical (unpaired) electrons. The average molecular weight is 266 g/mol. The summed E-state index contributed by atoms with van der Waals surface area (Å²) in [4.78, 5) is 4.41. The van der Waals surface area contributed by atoms with Crippen LogP contribution in [0.25, 0.3) is 0 Å². The number of nitrogens with two attached hydrogens (primary N) is 1. The zero-order chi connectivity index (χ0) is 14.5. The summed E-state index contributed by atoms with van der Waals surface area (Å²) < 4.78 is 0. The molecule has 1 aromatic carbocycles. The van der Waals surface area contributed by atoms with Gasteiger partial charge in [-0.2, -0.15) is 5.26 Å². The number of nitrogens with zero attached hydrogens (tertiary/aromatic N) is 2. The van der Waals surface area contributed by atoms with Crippen LogP contribution in [0.1, 0.15) is 27.9 Å². The lowest BCUT2D eigenvalue weighted by Gasteiger charge is -2.12. The second kappa shape index (κ2) is 6.18. The van der Waals surface area contributed by atoms with Gasteiger partial charge in [-0.05, 0) is 36.6 Å². The van der Waals surface area contributed by atoms with Crippen LogP contribution in [0.4, 0.5) is 5.82 Å². The molecule has 4 nitrogen and oxygen atoms in total. The minimum absolute atomic E-state index is 0.503. The molecule has 3 N–H and O–H groups in total. The van der Waals surface area contributed by atoms with Gasteiger partial charge < -0.3 is 11.1 Å². The summed E-state index contributed by atoms with van der Waals surface area (Å²) >= 11 is 0. The molecule has 2 aromatic rings. The molecule has 1 aromatic heterocycles. The predicted octanol–water partition coefficient (Wildman–Crippen LogP) is 2.64. The second-order valence-electron chi connectivity index (χ2n) is 4.74. The van der Waals surface area contributed by atoms with Gasteiger partial charge in [-0.25, -0.2) is 4.98 Å². The second-order valence-corrected chi connectivity index (χ2v) is 4.74. The van der Waals surface area contributed by atoms with E-state index in [4.69, 9.17) is 5.73 Å². The fourth-order valence-corrected chi connectivity index (χ4v) is 2.21. The molecule has 0 unspecified atom stereocenters. The van der Waals surface area contributed by atoms with Crippen molar-refractivity contribution < 1.29 is 0 Å². The number of hydrogen-bond donors (Lipinski definition) is 2. The largest absolute Gasteiger partial charge is 0.365 e. The van der Waals surface area contributed by atoms with E-state index in [0.29, 0.717) is 24.5 Å². The van der Waals surface area contributed by atoms with Gasteiger partial charge in [0.1, 0.15) is 11.9 Å². The topological polar surface area (TPSA) is 74.7 Å². The minimum Gasteiger partial charge on any atom is -0.365 e. The third-order valence-corrected chi connectivity index (χ3v) is 3.24. The van der Waals surface area contributed by atoms with E-state index in [-0.39, 0.29) is 0 Å². The highest BCUT2D eigenvalue weighted by atomic mass is 15.0. The van der Waals surface area contributed by atoms with E-state index in [1.54, 1.807) is 0 Å². The van der Waals surface area contributed by atoms with Crippen LogP contribution in [0.2, 0.25) is 0 Å². The van der Waals surface area contributed by atoms with Crippen LogP contribution >= 0.6 is 0 Å². The molecule has 0 amide bonds. The number of nitrogens with one attached hydrogen (secondary N) is 1. The first-order valence-electron chi connectivity index (χ1n) is 6.54. The predicted molar refractivity (Wildman–Crippen MR) is 80.1 cm³/mol. The molecule has 0 saturated heterocycles. The lowest BCUT2D eigenvalue weighted by atomic mass is 10.1. The van der Waals surface area contributed by atoms with Crippen molar-refractivity contribution in [3.05, 3.63) is 58.3 Å². The summed E-state index contributed by atoms with van der Waals surface area (Å²) in [5, 5.41) is 12.5. The Kier molecular flexibility index (Phi) is 4.34. The maximum absolute atomic E-state index is 9.24. The molecule has 0 fully saturated rings. The van der Waals surface area contributed by atoms with Gasteiger partial charge in [0.25, 0.3) is 0 Å². The van der Waals surface area contributed by atoms with Gasteiger partial charge in [-0.1, -0.05) is 24.3 Å². The summed E-state index contributed by atoms with van der Waals surface area (Å²) in [5.41, 5.74) is 10.4. The molecule has 0 aliphatic carbocycles. The van der Waals surface area contributed by atoms with Crippen LogP contribution < -0.4 is 11.1 Å². The summed E-state index contributed by atoms with van der Waals surface area (Å²) in [7, 11) is 0. The van der Waals surface area contributed by atoms with Gasteiger partial charge in [0.05, 0.1) is 5.56 Å². The van der Waals surface area contributed by atoms with Crippen LogP contribution in [0, 0.1) is 25.2 Å². The van der Waals surface area contributed by atoms with Gasteiger partial charge in [0.2, 0.25) is 0 Å². The molecule has 0 bridgehead atoms. The molecule has 0 aliphatic heterocycles. The van der Waals surface area contributed by atoms with Crippen molar-refractivity contribution in [2.45, 2.75) is 26.9 Å². The van der Waals surface area contributed by atoms with E-state index in [0.717, 1.165) is 22.4 Å². The number of aromatic nitrogens is 1. The fourth-order valence-electron chi connectivity index (χ4n) is 2.21. The first kappa shape index (κ1) is 14.0. The van der Waals surface area contributed by atoms with Crippen molar-refractivity contribution in [3.8, 4) is 6.07 Å². The summed E-state index contributed by atoms with van der Waals surface area (Å²) in [6.07, 6.45) is 0. The first-order chi connectivity index (χ1) is 9.65. The Bertz CT molecular complexity index is 656. The quantitative estimate of drug-likeness (QED) is 0.892. The Morgan fingerprint density at radius 1 is 1.25 bits per heavy atom. The normalized spacial score (nSPS) is 10.1. The van der Waals surface area contributed by atoms with Crippen LogP contribution in [-0.4, -0.2) is 4.98 Å². The van der Waals surface area contributed by atoms with E-state index in [1.807, 2.05) is 44.2 Å². The third-order valence-electron chi connectivity index (χ3n) is 3.24. The third kappa shape index (κ3) is 2.95. The maximum Gasteiger partial charge on any atom is 0.144 e. The van der Waals surface area contributed by atoms with Gasteiger partial charge in [-0.15, -0.1) is 0 Å². The fraction of sp³-hybridized carbons (Fsp3) is 0.250. The molecule has 0 aliphatic rings. The summed E-state index contributed by atoms with van der Waals surface area (Å²) in [6, 6.07) is 12.1. The van der Waals surface area contributed by atoms with E-state index in [9.17, 15) is 5.26 Å². The standard InChI is InChI=1S/C16H18N4/c1-11-7-12(2)20-16(15(11)9-18)19-10-14-6-4-3-5-13(14)8-17/h3-7H,8,10,17H2,1-2H3,(H,19,20). The van der Waals surface area contributed by atoms with Gasteiger partial charge in [-0.3, -0.25) is 0 Å². The van der Waals surface area contributed by atoms with Crippen molar-refractivity contribution in [2.75, 3.05) is 5.32 Å². The zero-order valence-electron chi connectivity index (χ0n) is 11.8. The highest BCUT2D eigenvalue weighted by Crippen LogP contribution is 2.19. The molecule has 0 atom stereocenters. The van der Waals surface area contributed by atoms with E-state index in [1.165, 1.54) is 0 Å². The van der Waals surface area contributed by atoms with Crippen molar-refractivity contribution in [3.63, 3.8) is 0 Å². The molecule has 4 heteroatoms. The van der Waals surface area contributed by atoms with Crippen LogP contribution in [-0.2, 0) is 13.1 Å². The smallest absolute Gasteiger partial charge is 0.144 e. The Morgan fingerprint density at radius 2 is 1.95 bits per heavy atom. The SMILES string of the molecule is Cc1cc(C)c(C#N)c(NCc2ccccc2CN)n1. The number of hydrogen-bond acceptors (Lipinski definition) is 4. The monoisotopic (exact) mass is 266 g/mol. The van der Waals surface area contributed by atoms with Crippen LogP contribution in [0.3, 0.4) is 0 Å². The van der Waals surface area contributed by atoms with Gasteiger partial charge >= 0.3 is 0 Å². The van der Waals surface area contributed by atoms with Crippen molar-refractivity contribution in [1.82, 2.24) is 4.98 Å². The number of rotatable bonds is 4. The molecule has 20 heavy (non-hydrogen) atoms. The molecule has 2 rings (SSSR count). The van der Waals surface area contributed by atoms with Crippen molar-refractivity contribution in [1.29, 1.82) is 5.26 Å². The number of anilines is 1. The van der Waals surface area contributed by atoms with Crippen molar-refractivity contribution in [2.24, 2.45) is 5.73 Å². The highest BCUT2D eigenvalue weighted by molar-refractivity contribution is 5.56. The van der Waals surface area contributed by atoms with Crippen LogP contribution in [0.5, 0.6) is 0 Å². The maximum atomic E-state index is 9.24. The van der Waals surface area contributed by atoms with Gasteiger partial charge in [0.15, 0.2) is 0 Å². The summed E-state index contributed by atoms with van der Waals surface area (Å²) in [5.74, 6) is 0.636. The molecule has 0 spiro atoms. The zero-order valence-corrected chi connectivity index (χ0v) is 11.8. The number of aryl methyl sites for hydroxylation is 2. The minimum atomic E-state index is 0.503. The first-order valence-corrected chi connectivity index (χ1v) is 6.54. The number of benzene rings is 1. The van der Waals surface area contributed by atoms with E-state index >= 15 is 0 Å².